The molecule has 1 N–H and O–H groups in total. The number of sulfonamides is 1. The third-order valence-corrected chi connectivity index (χ3v) is 6.71. The van der Waals surface area contributed by atoms with Crippen LogP contribution in [-0.4, -0.2) is 51.7 Å². The van der Waals surface area contributed by atoms with Gasteiger partial charge in [-0.15, -0.1) is 0 Å². The zero-order valence-electron chi connectivity index (χ0n) is 16.9. The minimum Gasteiger partial charge on any atom is -0.349 e. The standard InChI is InChI=1S/C21H25Cl2N3O3S/c1-25-9-7-19(8-10-25)24-21(27)16-5-3-15(4-6-16)14-26(30(2,28)29)20-12-17(22)11-18(23)13-20/h3-6,11-13,19H,7-10,14H2,1-2H3,(H,24,27). The van der Waals surface area contributed by atoms with Gasteiger partial charge in [-0.05, 0) is 68.9 Å². The number of rotatable bonds is 6. The zero-order valence-corrected chi connectivity index (χ0v) is 19.3. The lowest BCUT2D eigenvalue weighted by Gasteiger charge is -2.29. The molecular weight excluding hydrogens is 445 g/mol. The van der Waals surface area contributed by atoms with Gasteiger partial charge in [0.1, 0.15) is 0 Å². The van der Waals surface area contributed by atoms with Crippen molar-refractivity contribution in [3.63, 3.8) is 0 Å². The number of hydrogen-bond donors (Lipinski definition) is 1. The van der Waals surface area contributed by atoms with Crippen molar-refractivity contribution < 1.29 is 13.2 Å². The van der Waals surface area contributed by atoms with Crippen LogP contribution >= 0.6 is 23.2 Å². The minimum absolute atomic E-state index is 0.104. The molecule has 0 aliphatic carbocycles. The van der Waals surface area contributed by atoms with E-state index in [1.54, 1.807) is 42.5 Å². The van der Waals surface area contributed by atoms with Gasteiger partial charge in [-0.25, -0.2) is 8.42 Å². The molecule has 3 rings (SSSR count). The maximum atomic E-state index is 12.5. The first kappa shape index (κ1) is 22.9. The summed E-state index contributed by atoms with van der Waals surface area (Å²) in [6.07, 6.45) is 3.00. The summed E-state index contributed by atoms with van der Waals surface area (Å²) in [6, 6.07) is 11.8. The summed E-state index contributed by atoms with van der Waals surface area (Å²) in [7, 11) is -1.49. The van der Waals surface area contributed by atoms with Crippen LogP contribution in [0.1, 0.15) is 28.8 Å². The normalized spacial score (nSPS) is 15.7. The lowest BCUT2D eigenvalue weighted by molar-refractivity contribution is 0.0917. The Morgan fingerprint density at radius 2 is 1.67 bits per heavy atom. The molecule has 1 aliphatic heterocycles. The molecule has 0 atom stereocenters. The summed E-state index contributed by atoms with van der Waals surface area (Å²) in [5.41, 5.74) is 1.68. The van der Waals surface area contributed by atoms with E-state index >= 15 is 0 Å². The van der Waals surface area contributed by atoms with Crippen LogP contribution in [0.2, 0.25) is 10.0 Å². The van der Waals surface area contributed by atoms with E-state index in [0.29, 0.717) is 21.3 Å². The highest BCUT2D eigenvalue weighted by atomic mass is 35.5. The Kier molecular flexibility index (Phi) is 7.29. The highest BCUT2D eigenvalue weighted by Crippen LogP contribution is 2.28. The third-order valence-electron chi connectivity index (χ3n) is 5.13. The highest BCUT2D eigenvalue weighted by Gasteiger charge is 2.21. The van der Waals surface area contributed by atoms with Crippen LogP contribution in [0.3, 0.4) is 0 Å². The number of halogens is 2. The van der Waals surface area contributed by atoms with Crippen molar-refractivity contribution in [2.75, 3.05) is 30.7 Å². The molecule has 1 amide bonds. The van der Waals surface area contributed by atoms with Gasteiger partial charge in [0.25, 0.3) is 5.91 Å². The number of carbonyl (C=O) groups is 1. The summed E-state index contributed by atoms with van der Waals surface area (Å²) in [4.78, 5) is 14.8. The van der Waals surface area contributed by atoms with E-state index < -0.39 is 10.0 Å². The van der Waals surface area contributed by atoms with Crippen molar-refractivity contribution in [3.8, 4) is 0 Å². The van der Waals surface area contributed by atoms with Crippen molar-refractivity contribution >= 4 is 44.8 Å². The molecule has 0 saturated carbocycles. The van der Waals surface area contributed by atoms with Gasteiger partial charge in [0, 0.05) is 21.7 Å². The number of benzene rings is 2. The summed E-state index contributed by atoms with van der Waals surface area (Å²) in [6.45, 7) is 2.05. The van der Waals surface area contributed by atoms with E-state index in [-0.39, 0.29) is 18.5 Å². The van der Waals surface area contributed by atoms with Crippen LogP contribution in [0.25, 0.3) is 0 Å². The lowest BCUT2D eigenvalue weighted by atomic mass is 10.0. The maximum Gasteiger partial charge on any atom is 0.251 e. The van der Waals surface area contributed by atoms with Crippen molar-refractivity contribution in [3.05, 3.63) is 63.6 Å². The number of nitrogens with one attached hydrogen (secondary N) is 1. The Bertz CT molecular complexity index is 984. The van der Waals surface area contributed by atoms with Crippen molar-refractivity contribution in [1.29, 1.82) is 0 Å². The monoisotopic (exact) mass is 469 g/mol. The van der Waals surface area contributed by atoms with Crippen LogP contribution in [0, 0.1) is 0 Å². The molecular formula is C21H25Cl2N3O3S. The maximum absolute atomic E-state index is 12.5. The third kappa shape index (κ3) is 6.11. The van der Waals surface area contributed by atoms with Crippen LogP contribution in [-0.2, 0) is 16.6 Å². The Balaban J connectivity index is 1.72. The minimum atomic E-state index is -3.57. The average Bonchev–Trinajstić information content (AvgIpc) is 2.66. The van der Waals surface area contributed by atoms with Crippen molar-refractivity contribution in [1.82, 2.24) is 10.2 Å². The number of nitrogens with zero attached hydrogens (tertiary/aromatic N) is 2. The van der Waals surface area contributed by atoms with Gasteiger partial charge in [-0.2, -0.15) is 0 Å². The molecule has 0 unspecified atom stereocenters. The Morgan fingerprint density at radius 3 is 2.20 bits per heavy atom. The molecule has 0 radical (unpaired) electrons. The fourth-order valence-electron chi connectivity index (χ4n) is 3.43. The molecule has 1 aliphatic rings. The van der Waals surface area contributed by atoms with E-state index in [4.69, 9.17) is 23.2 Å². The predicted molar refractivity (Wildman–Crippen MR) is 122 cm³/mol. The van der Waals surface area contributed by atoms with E-state index in [1.807, 2.05) is 0 Å². The molecule has 2 aromatic carbocycles. The van der Waals surface area contributed by atoms with Crippen LogP contribution in [0.5, 0.6) is 0 Å². The van der Waals surface area contributed by atoms with Gasteiger partial charge in [0.05, 0.1) is 18.5 Å². The van der Waals surface area contributed by atoms with Crippen LogP contribution < -0.4 is 9.62 Å². The van der Waals surface area contributed by atoms with Gasteiger partial charge < -0.3 is 10.2 Å². The quantitative estimate of drug-likeness (QED) is 0.698. The first-order valence-electron chi connectivity index (χ1n) is 9.64. The summed E-state index contributed by atoms with van der Waals surface area (Å²) >= 11 is 12.1. The number of amides is 1. The number of anilines is 1. The molecule has 0 spiro atoms. The molecule has 30 heavy (non-hydrogen) atoms. The largest absolute Gasteiger partial charge is 0.349 e. The van der Waals surface area contributed by atoms with Gasteiger partial charge in [0.15, 0.2) is 0 Å². The molecule has 162 valence electrons. The Labute approximate surface area is 187 Å². The summed E-state index contributed by atoms with van der Waals surface area (Å²) in [5, 5.41) is 3.78. The molecule has 0 bridgehead atoms. The second kappa shape index (κ2) is 9.56. The Hall–Kier alpha value is -1.80. The molecule has 2 aromatic rings. The van der Waals surface area contributed by atoms with E-state index in [9.17, 15) is 13.2 Å². The van der Waals surface area contributed by atoms with E-state index in [0.717, 1.165) is 37.8 Å². The van der Waals surface area contributed by atoms with Gasteiger partial charge in [-0.1, -0.05) is 35.3 Å². The average molecular weight is 470 g/mol. The molecule has 1 saturated heterocycles. The van der Waals surface area contributed by atoms with Crippen molar-refractivity contribution in [2.24, 2.45) is 0 Å². The number of piperidine rings is 1. The second-order valence-electron chi connectivity index (χ2n) is 7.65. The fraction of sp³-hybridized carbons (Fsp3) is 0.381. The summed E-state index contributed by atoms with van der Waals surface area (Å²) in [5.74, 6) is -0.113. The van der Waals surface area contributed by atoms with Crippen LogP contribution in [0.15, 0.2) is 42.5 Å². The first-order chi connectivity index (χ1) is 14.1. The second-order valence-corrected chi connectivity index (χ2v) is 10.4. The number of carbonyl (C=O) groups excluding carboxylic acids is 1. The van der Waals surface area contributed by atoms with Gasteiger partial charge >= 0.3 is 0 Å². The van der Waals surface area contributed by atoms with E-state index in [1.165, 1.54) is 4.31 Å². The highest BCUT2D eigenvalue weighted by molar-refractivity contribution is 7.92. The molecule has 1 heterocycles. The molecule has 1 fully saturated rings. The Morgan fingerprint density at radius 1 is 1.10 bits per heavy atom. The first-order valence-corrected chi connectivity index (χ1v) is 12.2. The van der Waals surface area contributed by atoms with Gasteiger partial charge in [0.2, 0.25) is 10.0 Å². The lowest BCUT2D eigenvalue weighted by Crippen LogP contribution is -2.43. The molecule has 0 aromatic heterocycles. The SMILES string of the molecule is CN1CCC(NC(=O)c2ccc(CN(c3cc(Cl)cc(Cl)c3)S(C)(=O)=O)cc2)CC1. The predicted octanol–water partition coefficient (Wildman–Crippen LogP) is 3.78. The summed E-state index contributed by atoms with van der Waals surface area (Å²) < 4.78 is 25.9. The van der Waals surface area contributed by atoms with E-state index in [2.05, 4.69) is 17.3 Å². The van der Waals surface area contributed by atoms with Crippen molar-refractivity contribution in [2.45, 2.75) is 25.4 Å². The number of hydrogen-bond acceptors (Lipinski definition) is 4. The smallest absolute Gasteiger partial charge is 0.251 e. The van der Waals surface area contributed by atoms with Crippen LogP contribution in [0.4, 0.5) is 5.69 Å². The van der Waals surface area contributed by atoms with Gasteiger partial charge in [-0.3, -0.25) is 9.10 Å². The fourth-order valence-corrected chi connectivity index (χ4v) is 4.82. The number of likely N-dealkylation sites (tertiary alicyclic amines) is 1. The molecule has 9 heteroatoms. The molecule has 6 nitrogen and oxygen atoms in total. The topological polar surface area (TPSA) is 69.7 Å². The zero-order chi connectivity index (χ0) is 21.9.